The van der Waals surface area contributed by atoms with E-state index in [9.17, 15) is 78.8 Å². The Bertz CT molecular complexity index is 844. The summed E-state index contributed by atoms with van der Waals surface area (Å²) in [6.07, 6.45) is -2.43. The second-order valence-corrected chi connectivity index (χ2v) is 10.00. The largest absolute Gasteiger partial charge is 0.743 e. The van der Waals surface area contributed by atoms with Crippen molar-refractivity contribution < 1.29 is 83.3 Å². The van der Waals surface area contributed by atoms with E-state index in [1.54, 1.807) is 0 Å². The van der Waals surface area contributed by atoms with Crippen LogP contribution in [0.15, 0.2) is 0 Å². The van der Waals surface area contributed by atoms with Crippen molar-refractivity contribution in [2.24, 2.45) is 0 Å². The summed E-state index contributed by atoms with van der Waals surface area (Å²) in [5, 5.41) is -7.81. The van der Waals surface area contributed by atoms with Gasteiger partial charge in [-0.2, -0.15) is 65.9 Å². The van der Waals surface area contributed by atoms with Crippen LogP contribution in [-0.2, 0) is 10.1 Å². The van der Waals surface area contributed by atoms with E-state index in [1.165, 1.54) is 56.3 Å². The lowest BCUT2D eigenvalue weighted by Crippen LogP contribution is -2.73. The fourth-order valence-electron chi connectivity index (χ4n) is 3.68. The Balaban J connectivity index is 0. The number of hydrogen-bond acceptors (Lipinski definition) is 3. The maximum absolute atomic E-state index is 12.9. The molecule has 0 aromatic carbocycles. The molecule has 0 aromatic rings. The fraction of sp³-hybridized carbons (Fsp3) is 1.00. The Hall–Kier alpha value is -1.18. The van der Waals surface area contributed by atoms with Gasteiger partial charge in [0.25, 0.3) is 0 Å². The zero-order valence-corrected chi connectivity index (χ0v) is 21.7. The predicted octanol–water partition coefficient (Wildman–Crippen LogP) is 7.31. The van der Waals surface area contributed by atoms with Crippen LogP contribution in [0.3, 0.4) is 0 Å². The number of hydrogen-bond donors (Lipinski definition) is 0. The van der Waals surface area contributed by atoms with Gasteiger partial charge in [-0.05, 0) is 25.7 Å². The van der Waals surface area contributed by atoms with Crippen LogP contribution in [0.2, 0.25) is 0 Å². The average molecular weight is 635 g/mol. The number of nitrogens with zero attached hydrogens (tertiary/aromatic N) is 1. The SMILES string of the molecule is CCC[N+](CCC)(CCC)CCC.O=S(=O)([O-])C(F)(F)C(F)(F)C(F)(F)C(F)(F)C(F)(F)C(F)(F)C(F)(F)F. The van der Waals surface area contributed by atoms with E-state index < -0.39 is 51.2 Å². The molecule has 39 heavy (non-hydrogen) atoms. The summed E-state index contributed by atoms with van der Waals surface area (Å²) < 4.78 is 218. The van der Waals surface area contributed by atoms with Crippen molar-refractivity contribution in [3.05, 3.63) is 0 Å². The molecule has 238 valence electrons. The van der Waals surface area contributed by atoms with Crippen LogP contribution in [0.25, 0.3) is 0 Å². The first kappa shape index (κ1) is 40.0. The van der Waals surface area contributed by atoms with Crippen molar-refractivity contribution >= 4 is 10.1 Å². The molecule has 0 unspecified atom stereocenters. The third kappa shape index (κ3) is 7.37. The van der Waals surface area contributed by atoms with Crippen LogP contribution in [0.4, 0.5) is 65.9 Å². The lowest BCUT2D eigenvalue weighted by Gasteiger charge is -2.41. The van der Waals surface area contributed by atoms with Gasteiger partial charge in [-0.15, -0.1) is 0 Å². The standard InChI is InChI=1S/C12H28N.C7HF15O3S/c1-5-9-13(10-6-2,11-7-3)12-8-4;8-1(9,2(10,11)4(14,15)6(18,19)20)3(12,13)5(16,17)7(21,22)26(23,24)25/h5-12H2,1-4H3;(H,23,24,25)/q+1;/p-1. The molecule has 0 aliphatic heterocycles. The first-order chi connectivity index (χ1) is 17.0. The van der Waals surface area contributed by atoms with Crippen molar-refractivity contribution in [1.29, 1.82) is 0 Å². The van der Waals surface area contributed by atoms with Gasteiger partial charge >= 0.3 is 41.0 Å². The summed E-state index contributed by atoms with van der Waals surface area (Å²) in [4.78, 5) is 0. The molecule has 0 aliphatic rings. The molecule has 0 bridgehead atoms. The summed E-state index contributed by atoms with van der Waals surface area (Å²) in [7, 11) is -8.01. The van der Waals surface area contributed by atoms with E-state index in [-0.39, 0.29) is 0 Å². The molecule has 20 heteroatoms. The first-order valence-corrected chi connectivity index (χ1v) is 12.5. The first-order valence-electron chi connectivity index (χ1n) is 11.1. The van der Waals surface area contributed by atoms with Crippen molar-refractivity contribution in [2.45, 2.75) is 94.4 Å². The molecule has 0 rings (SSSR count). The van der Waals surface area contributed by atoms with E-state index >= 15 is 0 Å². The smallest absolute Gasteiger partial charge is 0.460 e. The van der Waals surface area contributed by atoms with Crippen molar-refractivity contribution in [3.8, 4) is 0 Å². The van der Waals surface area contributed by atoms with Gasteiger partial charge in [-0.25, -0.2) is 8.42 Å². The van der Waals surface area contributed by atoms with Crippen molar-refractivity contribution in [2.75, 3.05) is 26.2 Å². The number of quaternary nitrogens is 1. The maximum atomic E-state index is 12.9. The Labute approximate surface area is 214 Å². The monoisotopic (exact) mass is 635 g/mol. The highest BCUT2D eigenvalue weighted by Gasteiger charge is 2.94. The Morgan fingerprint density at radius 1 is 0.487 bits per heavy atom. The molecule has 0 aromatic heterocycles. The average Bonchev–Trinajstić information content (AvgIpc) is 2.72. The Kier molecular flexibility index (Phi) is 13.1. The minimum atomic E-state index is -8.63. The van der Waals surface area contributed by atoms with Gasteiger partial charge in [0.2, 0.25) is 0 Å². The van der Waals surface area contributed by atoms with Gasteiger partial charge in [-0.3, -0.25) is 0 Å². The summed E-state index contributed by atoms with van der Waals surface area (Å²) in [6, 6.07) is 0. The Morgan fingerprint density at radius 2 is 0.718 bits per heavy atom. The molecule has 0 saturated heterocycles. The molecule has 0 spiro atoms. The van der Waals surface area contributed by atoms with E-state index in [4.69, 9.17) is 0 Å². The number of rotatable bonds is 14. The molecule has 0 amide bonds. The zero-order valence-electron chi connectivity index (χ0n) is 20.9. The van der Waals surface area contributed by atoms with Crippen LogP contribution in [0.1, 0.15) is 53.4 Å². The lowest BCUT2D eigenvalue weighted by atomic mass is 9.94. The molecule has 0 fully saturated rings. The fourth-order valence-corrected chi connectivity index (χ4v) is 4.12. The van der Waals surface area contributed by atoms with Crippen molar-refractivity contribution in [3.63, 3.8) is 0 Å². The quantitative estimate of drug-likeness (QED) is 0.114. The maximum Gasteiger partial charge on any atom is 0.460 e. The molecule has 0 radical (unpaired) electrons. The van der Waals surface area contributed by atoms with Crippen LogP contribution >= 0.6 is 0 Å². The second-order valence-electron chi connectivity index (χ2n) is 8.58. The highest BCUT2D eigenvalue weighted by Crippen LogP contribution is 2.62. The van der Waals surface area contributed by atoms with Gasteiger partial charge < -0.3 is 9.04 Å². The Morgan fingerprint density at radius 3 is 0.923 bits per heavy atom. The highest BCUT2D eigenvalue weighted by molar-refractivity contribution is 7.86. The van der Waals surface area contributed by atoms with Crippen LogP contribution in [0, 0.1) is 0 Å². The van der Waals surface area contributed by atoms with Gasteiger partial charge in [0.1, 0.15) is 0 Å². The third-order valence-electron chi connectivity index (χ3n) is 5.40. The van der Waals surface area contributed by atoms with E-state index in [0.29, 0.717) is 0 Å². The molecule has 0 aliphatic carbocycles. The van der Waals surface area contributed by atoms with E-state index in [2.05, 4.69) is 27.7 Å². The highest BCUT2D eigenvalue weighted by atomic mass is 32.2. The third-order valence-corrected chi connectivity index (χ3v) is 6.29. The predicted molar refractivity (Wildman–Crippen MR) is 106 cm³/mol. The molecule has 0 atom stereocenters. The van der Waals surface area contributed by atoms with E-state index in [1.807, 2.05) is 0 Å². The summed E-state index contributed by atoms with van der Waals surface area (Å²) >= 11 is 0. The summed E-state index contributed by atoms with van der Waals surface area (Å²) in [5.41, 5.74) is 0. The van der Waals surface area contributed by atoms with Gasteiger partial charge in [-0.1, -0.05) is 27.7 Å². The van der Waals surface area contributed by atoms with Crippen LogP contribution < -0.4 is 0 Å². The van der Waals surface area contributed by atoms with E-state index in [0.717, 1.165) is 0 Å². The second kappa shape index (κ2) is 12.8. The molecular formula is C19H28F15NO3S. The topological polar surface area (TPSA) is 57.2 Å². The summed E-state index contributed by atoms with van der Waals surface area (Å²) in [6.45, 7) is 14.8. The zero-order chi connectivity index (χ0) is 32.2. The molecule has 0 N–H and O–H groups in total. The van der Waals surface area contributed by atoms with Crippen LogP contribution in [0.5, 0.6) is 0 Å². The summed E-state index contributed by atoms with van der Waals surface area (Å²) in [5.74, 6) is -42.2. The number of alkyl halides is 15. The molecule has 0 heterocycles. The molecule has 0 saturated carbocycles. The minimum Gasteiger partial charge on any atom is -0.743 e. The van der Waals surface area contributed by atoms with Gasteiger partial charge in [0.05, 0.1) is 26.2 Å². The van der Waals surface area contributed by atoms with Crippen molar-refractivity contribution in [1.82, 2.24) is 0 Å². The minimum absolute atomic E-state index is 1.33. The normalized spacial score (nSPS) is 15.2. The molecular weight excluding hydrogens is 607 g/mol. The number of halogens is 15. The molecule has 4 nitrogen and oxygen atoms in total. The van der Waals surface area contributed by atoms with Gasteiger partial charge in [0.15, 0.2) is 10.1 Å². The lowest BCUT2D eigenvalue weighted by molar-refractivity contribution is -0.928. The van der Waals surface area contributed by atoms with Gasteiger partial charge in [0, 0.05) is 0 Å². The van der Waals surface area contributed by atoms with Crippen LogP contribution in [-0.4, -0.2) is 84.7 Å².